The van der Waals surface area contributed by atoms with Gasteiger partial charge in [0, 0.05) is 10.7 Å². The average molecular weight is 489 g/mol. The number of aromatic nitrogens is 2. The molecular formula is C21H15BrClN3O2S. The number of benzene rings is 2. The summed E-state index contributed by atoms with van der Waals surface area (Å²) in [6.07, 6.45) is 1.70. The van der Waals surface area contributed by atoms with Gasteiger partial charge in [-0.2, -0.15) is 0 Å². The largest absolute Gasteiger partial charge is 0.497 e. The molecule has 4 aromatic rings. The minimum Gasteiger partial charge on any atom is -0.497 e. The maximum Gasteiger partial charge on any atom is 0.261 e. The molecule has 0 atom stereocenters. The van der Waals surface area contributed by atoms with E-state index in [-0.39, 0.29) is 12.5 Å². The quantitative estimate of drug-likeness (QED) is 0.348. The van der Waals surface area contributed by atoms with E-state index in [0.29, 0.717) is 15.7 Å². The number of hydrogen-bond acceptors (Lipinski definition) is 5. The van der Waals surface area contributed by atoms with Crippen LogP contribution in [-0.4, -0.2) is 23.0 Å². The lowest BCUT2D eigenvalue weighted by molar-refractivity contribution is 0.0985. The van der Waals surface area contributed by atoms with Gasteiger partial charge in [-0.25, -0.2) is 4.98 Å². The van der Waals surface area contributed by atoms with Crippen molar-refractivity contribution in [2.75, 3.05) is 12.0 Å². The van der Waals surface area contributed by atoms with Crippen molar-refractivity contribution in [1.82, 2.24) is 9.97 Å². The molecule has 2 aromatic carbocycles. The van der Waals surface area contributed by atoms with Gasteiger partial charge in [0.25, 0.3) is 5.91 Å². The molecule has 146 valence electrons. The fraction of sp³-hybridized carbons (Fsp3) is 0.0952. The van der Waals surface area contributed by atoms with Gasteiger partial charge in [0.1, 0.15) is 5.75 Å². The number of pyridine rings is 1. The number of thiazole rings is 1. The molecule has 0 aliphatic heterocycles. The summed E-state index contributed by atoms with van der Waals surface area (Å²) in [7, 11) is 1.62. The number of ether oxygens (including phenoxy) is 1. The third kappa shape index (κ3) is 4.27. The van der Waals surface area contributed by atoms with Gasteiger partial charge in [-0.1, -0.05) is 44.9 Å². The number of nitrogens with zero attached hydrogens (tertiary/aromatic N) is 3. The van der Waals surface area contributed by atoms with Crippen LogP contribution in [0.4, 0.5) is 5.13 Å². The summed E-state index contributed by atoms with van der Waals surface area (Å²) in [6, 6.07) is 16.4. The highest BCUT2D eigenvalue weighted by Gasteiger charge is 2.24. The topological polar surface area (TPSA) is 55.3 Å². The van der Waals surface area contributed by atoms with Crippen LogP contribution in [0.3, 0.4) is 0 Å². The predicted molar refractivity (Wildman–Crippen MR) is 120 cm³/mol. The summed E-state index contributed by atoms with van der Waals surface area (Å²) in [5.41, 5.74) is 1.95. The average Bonchev–Trinajstić information content (AvgIpc) is 3.16. The highest BCUT2D eigenvalue weighted by atomic mass is 79.9. The molecule has 2 aromatic heterocycles. The molecular weight excluding hydrogens is 474 g/mol. The van der Waals surface area contributed by atoms with Crippen molar-refractivity contribution in [2.45, 2.75) is 6.54 Å². The van der Waals surface area contributed by atoms with E-state index in [1.54, 1.807) is 36.4 Å². The Balaban J connectivity index is 1.79. The van der Waals surface area contributed by atoms with Gasteiger partial charge in [0.2, 0.25) is 0 Å². The van der Waals surface area contributed by atoms with E-state index in [4.69, 9.17) is 16.3 Å². The summed E-state index contributed by atoms with van der Waals surface area (Å²) in [5.74, 6) is 0.498. The Morgan fingerprint density at radius 2 is 2.07 bits per heavy atom. The Morgan fingerprint density at radius 1 is 1.21 bits per heavy atom. The van der Waals surface area contributed by atoms with E-state index in [9.17, 15) is 4.79 Å². The monoisotopic (exact) mass is 487 g/mol. The Morgan fingerprint density at radius 3 is 2.83 bits per heavy atom. The van der Waals surface area contributed by atoms with E-state index in [1.165, 1.54) is 11.3 Å². The van der Waals surface area contributed by atoms with Gasteiger partial charge in [-0.05, 0) is 48.5 Å². The number of hydrogen-bond donors (Lipinski definition) is 0. The zero-order valence-corrected chi connectivity index (χ0v) is 18.5. The lowest BCUT2D eigenvalue weighted by Gasteiger charge is -2.20. The van der Waals surface area contributed by atoms with Gasteiger partial charge in [-0.3, -0.25) is 14.7 Å². The highest BCUT2D eigenvalue weighted by molar-refractivity contribution is 9.10. The third-order valence-corrected chi connectivity index (χ3v) is 6.13. The molecule has 5 nitrogen and oxygen atoms in total. The zero-order chi connectivity index (χ0) is 20.4. The molecule has 0 spiro atoms. The molecule has 0 bridgehead atoms. The minimum atomic E-state index is -0.243. The second kappa shape index (κ2) is 8.49. The van der Waals surface area contributed by atoms with Crippen molar-refractivity contribution >= 4 is 60.1 Å². The normalized spacial score (nSPS) is 10.9. The molecule has 1 amide bonds. The van der Waals surface area contributed by atoms with Crippen molar-refractivity contribution < 1.29 is 9.53 Å². The molecule has 0 fully saturated rings. The number of carbonyl (C=O) groups excluding carboxylic acids is 1. The molecule has 8 heteroatoms. The van der Waals surface area contributed by atoms with Gasteiger partial charge >= 0.3 is 0 Å². The second-order valence-corrected chi connectivity index (χ2v) is 8.50. The number of amides is 1. The van der Waals surface area contributed by atoms with Crippen LogP contribution in [0.25, 0.3) is 10.2 Å². The predicted octanol–water partition coefficient (Wildman–Crippen LogP) is 5.96. The van der Waals surface area contributed by atoms with Crippen LogP contribution in [0.1, 0.15) is 16.1 Å². The summed E-state index contributed by atoms with van der Waals surface area (Å²) in [6.45, 7) is 0.277. The first-order chi connectivity index (χ1) is 14.0. The summed E-state index contributed by atoms with van der Waals surface area (Å²) in [4.78, 5) is 24.1. The fourth-order valence-corrected chi connectivity index (χ4v) is 4.37. The number of rotatable bonds is 5. The van der Waals surface area contributed by atoms with Crippen molar-refractivity contribution in [3.05, 3.63) is 81.5 Å². The summed E-state index contributed by atoms with van der Waals surface area (Å²) in [5, 5.41) is 0.951. The zero-order valence-electron chi connectivity index (χ0n) is 15.3. The van der Waals surface area contributed by atoms with Crippen LogP contribution < -0.4 is 9.64 Å². The lowest BCUT2D eigenvalue weighted by atomic mass is 10.2. The Labute approximate surface area is 185 Å². The van der Waals surface area contributed by atoms with Crippen LogP contribution in [0.15, 0.2) is 65.3 Å². The van der Waals surface area contributed by atoms with E-state index >= 15 is 0 Å². The van der Waals surface area contributed by atoms with Gasteiger partial charge in [0.05, 0.1) is 40.2 Å². The molecule has 0 N–H and O–H groups in total. The number of methoxy groups -OCH3 is 1. The molecule has 2 heterocycles. The van der Waals surface area contributed by atoms with Gasteiger partial charge in [-0.15, -0.1) is 0 Å². The van der Waals surface area contributed by atoms with Crippen LogP contribution in [0.2, 0.25) is 5.02 Å². The van der Waals surface area contributed by atoms with Crippen LogP contribution in [-0.2, 0) is 6.54 Å². The highest BCUT2D eigenvalue weighted by Crippen LogP contribution is 2.34. The van der Waals surface area contributed by atoms with Gasteiger partial charge in [0.15, 0.2) is 5.13 Å². The van der Waals surface area contributed by atoms with E-state index in [1.807, 2.05) is 36.4 Å². The molecule has 0 unspecified atom stereocenters. The van der Waals surface area contributed by atoms with Gasteiger partial charge < -0.3 is 4.74 Å². The summed E-state index contributed by atoms with van der Waals surface area (Å²) >= 11 is 11.2. The first-order valence-electron chi connectivity index (χ1n) is 8.66. The number of carbonyl (C=O) groups is 1. The molecule has 0 aliphatic rings. The molecule has 0 aliphatic carbocycles. The minimum absolute atomic E-state index is 0.243. The number of anilines is 1. The molecule has 0 saturated carbocycles. The van der Waals surface area contributed by atoms with Crippen molar-refractivity contribution in [2.24, 2.45) is 0 Å². The standard InChI is InChI=1S/C21H15BrClN3O2S/c1-28-15-6-8-18-19(11-15)29-21(25-18)26(12-14-4-2-3-9-24-14)20(27)16-10-13(22)5-7-17(16)23/h2-11H,12H2,1H3. The first-order valence-corrected chi connectivity index (χ1v) is 10.7. The maximum absolute atomic E-state index is 13.5. The van der Waals surface area contributed by atoms with Crippen molar-refractivity contribution in [3.63, 3.8) is 0 Å². The van der Waals surface area contributed by atoms with Crippen LogP contribution >= 0.6 is 38.9 Å². The van der Waals surface area contributed by atoms with Crippen LogP contribution in [0, 0.1) is 0 Å². The molecule has 29 heavy (non-hydrogen) atoms. The Kier molecular flexibility index (Phi) is 5.80. The fourth-order valence-electron chi connectivity index (χ4n) is 2.82. The lowest BCUT2D eigenvalue weighted by Crippen LogP contribution is -2.31. The Bertz CT molecular complexity index is 1180. The van der Waals surface area contributed by atoms with E-state index in [0.717, 1.165) is 26.1 Å². The smallest absolute Gasteiger partial charge is 0.261 e. The van der Waals surface area contributed by atoms with Crippen molar-refractivity contribution in [1.29, 1.82) is 0 Å². The molecule has 0 radical (unpaired) electrons. The summed E-state index contributed by atoms with van der Waals surface area (Å²) < 4.78 is 7.00. The van der Waals surface area contributed by atoms with E-state index < -0.39 is 0 Å². The number of fused-ring (bicyclic) bond motifs is 1. The third-order valence-electron chi connectivity index (χ3n) is 4.27. The van der Waals surface area contributed by atoms with Crippen molar-refractivity contribution in [3.8, 4) is 5.75 Å². The van der Waals surface area contributed by atoms with Crippen LogP contribution in [0.5, 0.6) is 5.75 Å². The first kappa shape index (κ1) is 19.8. The second-order valence-electron chi connectivity index (χ2n) is 6.17. The SMILES string of the molecule is COc1ccc2nc(N(Cc3ccccn3)C(=O)c3cc(Br)ccc3Cl)sc2c1. The Hall–Kier alpha value is -2.48. The van der Waals surface area contributed by atoms with E-state index in [2.05, 4.69) is 25.9 Å². The number of halogens is 2. The molecule has 4 rings (SSSR count). The molecule has 0 saturated heterocycles. The maximum atomic E-state index is 13.5.